The van der Waals surface area contributed by atoms with Crippen LogP contribution in [0.2, 0.25) is 0 Å². The number of rotatable bonds is 8. The highest BCUT2D eigenvalue weighted by molar-refractivity contribution is 8.01. The van der Waals surface area contributed by atoms with Gasteiger partial charge in [0.25, 0.3) is 5.91 Å². The van der Waals surface area contributed by atoms with E-state index in [1.165, 1.54) is 12.1 Å². The molecule has 1 heterocycles. The van der Waals surface area contributed by atoms with Crippen molar-refractivity contribution in [3.05, 3.63) is 59.9 Å². The molecule has 0 bridgehead atoms. The van der Waals surface area contributed by atoms with Crippen LogP contribution in [0.25, 0.3) is 0 Å². The van der Waals surface area contributed by atoms with Crippen molar-refractivity contribution in [2.24, 2.45) is 0 Å². The second kappa shape index (κ2) is 9.99. The molecule has 7 nitrogen and oxygen atoms in total. The first-order valence-electron chi connectivity index (χ1n) is 8.60. The Bertz CT molecular complexity index is 995. The molecule has 10 heteroatoms. The highest BCUT2D eigenvalue weighted by atomic mass is 32.2. The number of halogens is 1. The third kappa shape index (κ3) is 6.00. The second-order valence-electron chi connectivity index (χ2n) is 5.60. The number of hydrogen-bond donors (Lipinski definition) is 2. The molecule has 0 spiro atoms. The first-order chi connectivity index (χ1) is 14.0. The van der Waals surface area contributed by atoms with E-state index >= 15 is 0 Å². The van der Waals surface area contributed by atoms with Gasteiger partial charge in [0.05, 0.1) is 18.0 Å². The minimum Gasteiger partial charge on any atom is -0.494 e. The van der Waals surface area contributed by atoms with Crippen LogP contribution < -0.4 is 15.4 Å². The molecule has 3 rings (SSSR count). The number of anilines is 2. The lowest BCUT2D eigenvalue weighted by Gasteiger charge is -2.05. The molecule has 29 heavy (non-hydrogen) atoms. The van der Waals surface area contributed by atoms with E-state index in [1.807, 2.05) is 6.92 Å². The van der Waals surface area contributed by atoms with Gasteiger partial charge in [-0.15, -0.1) is 10.2 Å². The molecule has 1 aromatic heterocycles. The summed E-state index contributed by atoms with van der Waals surface area (Å²) >= 11 is 2.30. The summed E-state index contributed by atoms with van der Waals surface area (Å²) in [7, 11) is 0. The van der Waals surface area contributed by atoms with Gasteiger partial charge >= 0.3 is 0 Å². The first kappa shape index (κ1) is 20.7. The van der Waals surface area contributed by atoms with Crippen molar-refractivity contribution in [2.75, 3.05) is 23.0 Å². The summed E-state index contributed by atoms with van der Waals surface area (Å²) < 4.78 is 19.4. The number of para-hydroxylation sites is 1. The Morgan fingerprint density at radius 1 is 1.10 bits per heavy atom. The molecule has 0 unspecified atom stereocenters. The molecule has 0 saturated carbocycles. The predicted octanol–water partition coefficient (Wildman–Crippen LogP) is 4.06. The minimum atomic E-state index is -0.499. The fraction of sp³-hybridized carbons (Fsp3) is 0.158. The number of carbonyl (C=O) groups excluding carboxylic acids is 2. The highest BCUT2D eigenvalue weighted by Gasteiger charge is 2.13. The zero-order valence-electron chi connectivity index (χ0n) is 15.3. The third-order valence-electron chi connectivity index (χ3n) is 3.53. The van der Waals surface area contributed by atoms with E-state index < -0.39 is 5.82 Å². The number of nitrogens with one attached hydrogen (secondary N) is 2. The summed E-state index contributed by atoms with van der Waals surface area (Å²) in [6, 6.07) is 12.7. The van der Waals surface area contributed by atoms with Gasteiger partial charge in [-0.25, -0.2) is 4.39 Å². The van der Waals surface area contributed by atoms with Crippen LogP contribution in [-0.4, -0.2) is 34.4 Å². The molecular formula is C19H17FN4O3S2. The number of thioether (sulfide) groups is 1. The SMILES string of the molecule is CCOc1ccc(C(=O)Nc2nnc(SCC(=O)Nc3ccccc3F)s2)cc1. The third-order valence-corrected chi connectivity index (χ3v) is 5.50. The maximum absolute atomic E-state index is 13.5. The number of aromatic nitrogens is 2. The average Bonchev–Trinajstić information content (AvgIpc) is 3.16. The van der Waals surface area contributed by atoms with E-state index in [4.69, 9.17) is 4.74 Å². The number of ether oxygens (including phenoxy) is 1. The average molecular weight is 433 g/mol. The molecule has 2 aromatic carbocycles. The summed E-state index contributed by atoms with van der Waals surface area (Å²) in [5.41, 5.74) is 0.584. The monoisotopic (exact) mass is 432 g/mol. The summed E-state index contributed by atoms with van der Waals surface area (Å²) in [6.45, 7) is 2.43. The quantitative estimate of drug-likeness (QED) is 0.412. The largest absolute Gasteiger partial charge is 0.494 e. The molecular weight excluding hydrogens is 415 g/mol. The molecule has 0 aliphatic carbocycles. The Hall–Kier alpha value is -2.98. The fourth-order valence-electron chi connectivity index (χ4n) is 2.23. The minimum absolute atomic E-state index is 0.0375. The van der Waals surface area contributed by atoms with Gasteiger partial charge in [-0.2, -0.15) is 0 Å². The Morgan fingerprint density at radius 2 is 1.86 bits per heavy atom. The molecule has 2 amide bonds. The summed E-state index contributed by atoms with van der Waals surface area (Å²) in [6.07, 6.45) is 0. The molecule has 0 radical (unpaired) electrons. The lowest BCUT2D eigenvalue weighted by Crippen LogP contribution is -2.14. The van der Waals surface area contributed by atoms with Crippen LogP contribution in [0.3, 0.4) is 0 Å². The fourth-order valence-corrected chi connectivity index (χ4v) is 3.78. The van der Waals surface area contributed by atoms with E-state index in [1.54, 1.807) is 36.4 Å². The maximum atomic E-state index is 13.5. The standard InChI is InChI=1S/C19H17FN4O3S2/c1-2-27-13-9-7-12(8-10-13)17(26)22-18-23-24-19(29-18)28-11-16(25)21-15-6-4-3-5-14(15)20/h3-10H,2,11H2,1H3,(H,21,25)(H,22,23,26). The van der Waals surface area contributed by atoms with Crippen molar-refractivity contribution < 1.29 is 18.7 Å². The normalized spacial score (nSPS) is 10.4. The molecule has 0 atom stereocenters. The van der Waals surface area contributed by atoms with Gasteiger partial charge in [0.1, 0.15) is 11.6 Å². The number of benzene rings is 2. The lowest BCUT2D eigenvalue weighted by atomic mass is 10.2. The van der Waals surface area contributed by atoms with Crippen LogP contribution in [0.5, 0.6) is 5.75 Å². The maximum Gasteiger partial charge on any atom is 0.257 e. The van der Waals surface area contributed by atoms with Crippen molar-refractivity contribution in [2.45, 2.75) is 11.3 Å². The van der Waals surface area contributed by atoms with Crippen molar-refractivity contribution in [3.8, 4) is 5.75 Å². The summed E-state index contributed by atoms with van der Waals surface area (Å²) in [5, 5.41) is 13.3. The van der Waals surface area contributed by atoms with Crippen LogP contribution >= 0.6 is 23.1 Å². The highest BCUT2D eigenvalue weighted by Crippen LogP contribution is 2.26. The molecule has 0 aliphatic rings. The van der Waals surface area contributed by atoms with E-state index in [0.29, 0.717) is 27.4 Å². The lowest BCUT2D eigenvalue weighted by molar-refractivity contribution is -0.113. The van der Waals surface area contributed by atoms with Crippen molar-refractivity contribution in [1.82, 2.24) is 10.2 Å². The van der Waals surface area contributed by atoms with Crippen molar-refractivity contribution in [1.29, 1.82) is 0 Å². The van der Waals surface area contributed by atoms with E-state index in [0.717, 1.165) is 23.1 Å². The second-order valence-corrected chi connectivity index (χ2v) is 7.80. The van der Waals surface area contributed by atoms with Gasteiger partial charge in [0.15, 0.2) is 4.34 Å². The predicted molar refractivity (Wildman–Crippen MR) is 111 cm³/mol. The molecule has 0 saturated heterocycles. The zero-order chi connectivity index (χ0) is 20.6. The van der Waals surface area contributed by atoms with Crippen LogP contribution in [0.15, 0.2) is 52.9 Å². The molecule has 150 valence electrons. The molecule has 2 N–H and O–H groups in total. The van der Waals surface area contributed by atoms with Crippen LogP contribution in [0.1, 0.15) is 17.3 Å². The Balaban J connectivity index is 1.50. The Labute approximate surface area is 174 Å². The number of amides is 2. The topological polar surface area (TPSA) is 93.2 Å². The molecule has 0 aliphatic heterocycles. The van der Waals surface area contributed by atoms with Gasteiger partial charge in [-0.1, -0.05) is 35.2 Å². The Kier molecular flexibility index (Phi) is 7.14. The van der Waals surface area contributed by atoms with Crippen molar-refractivity contribution >= 4 is 45.7 Å². The number of nitrogens with zero attached hydrogens (tertiary/aromatic N) is 2. The van der Waals surface area contributed by atoms with Gasteiger partial charge < -0.3 is 10.1 Å². The van der Waals surface area contributed by atoms with Crippen LogP contribution in [0.4, 0.5) is 15.2 Å². The van der Waals surface area contributed by atoms with Gasteiger partial charge in [-0.05, 0) is 43.3 Å². The number of carbonyl (C=O) groups is 2. The summed E-state index contributed by atoms with van der Waals surface area (Å²) in [4.78, 5) is 24.2. The van der Waals surface area contributed by atoms with Gasteiger partial charge in [-0.3, -0.25) is 14.9 Å². The zero-order valence-corrected chi connectivity index (χ0v) is 17.0. The molecule has 3 aromatic rings. The van der Waals surface area contributed by atoms with Gasteiger partial charge in [0.2, 0.25) is 11.0 Å². The van der Waals surface area contributed by atoms with Crippen molar-refractivity contribution in [3.63, 3.8) is 0 Å². The van der Waals surface area contributed by atoms with E-state index in [2.05, 4.69) is 20.8 Å². The van der Waals surface area contributed by atoms with Crippen LogP contribution in [0, 0.1) is 5.82 Å². The Morgan fingerprint density at radius 3 is 2.59 bits per heavy atom. The smallest absolute Gasteiger partial charge is 0.257 e. The first-order valence-corrected chi connectivity index (χ1v) is 10.4. The van der Waals surface area contributed by atoms with Crippen LogP contribution in [-0.2, 0) is 4.79 Å². The molecule has 0 fully saturated rings. The van der Waals surface area contributed by atoms with Gasteiger partial charge in [0, 0.05) is 5.56 Å². The number of hydrogen-bond acceptors (Lipinski definition) is 7. The van der Waals surface area contributed by atoms with E-state index in [9.17, 15) is 14.0 Å². The summed E-state index contributed by atoms with van der Waals surface area (Å²) in [5.74, 6) is -0.461. The van der Waals surface area contributed by atoms with E-state index in [-0.39, 0.29) is 23.3 Å².